The van der Waals surface area contributed by atoms with Crippen molar-refractivity contribution in [2.24, 2.45) is 34.5 Å². The molecule has 1 aromatic rings. The first-order chi connectivity index (χ1) is 15.4. The molecule has 0 bridgehead atoms. The summed E-state index contributed by atoms with van der Waals surface area (Å²) in [4.78, 5) is 12.8. The monoisotopic (exact) mass is 438 g/mol. The van der Waals surface area contributed by atoms with E-state index in [1.165, 1.54) is 38.5 Å². The molecule has 5 aliphatic rings. The lowest BCUT2D eigenvalue weighted by Gasteiger charge is -2.61. The Balaban J connectivity index is 1.19. The summed E-state index contributed by atoms with van der Waals surface area (Å²) in [6.45, 7) is 6.53. The Labute approximate surface area is 192 Å². The molecule has 4 nitrogen and oxygen atoms in total. The van der Waals surface area contributed by atoms with Crippen LogP contribution in [-0.2, 0) is 14.2 Å². The highest BCUT2D eigenvalue weighted by atomic mass is 16.7. The van der Waals surface area contributed by atoms with Crippen LogP contribution in [0.3, 0.4) is 0 Å². The second-order valence-corrected chi connectivity index (χ2v) is 11.9. The van der Waals surface area contributed by atoms with Crippen LogP contribution in [0.5, 0.6) is 0 Å². The zero-order chi connectivity index (χ0) is 22.0. The molecule has 0 N–H and O–H groups in total. The largest absolute Gasteiger partial charge is 0.458 e. The third-order valence-corrected chi connectivity index (χ3v) is 10.7. The second-order valence-electron chi connectivity index (χ2n) is 11.9. The lowest BCUT2D eigenvalue weighted by Crippen LogP contribution is -2.56. The Kier molecular flexibility index (Phi) is 5.00. The number of ether oxygens (including phenoxy) is 3. The van der Waals surface area contributed by atoms with Gasteiger partial charge >= 0.3 is 5.97 Å². The number of fused-ring (bicyclic) bond motifs is 5. The standard InChI is InChI=1S/C28H38O4/c1-26-14-15-28(30-16-17-31-28)18-20(26)8-9-21-22-10-11-24(27(22,2)13-12-23(21)26)32-25(29)19-6-4-3-5-7-19/h3-7,20-24H,8-18H2,1-2H3/t20-,21+,22-,23+,24+,26-,27-/m0/s1. The quantitative estimate of drug-likeness (QED) is 0.532. The van der Waals surface area contributed by atoms with Gasteiger partial charge in [-0.2, -0.15) is 0 Å². The van der Waals surface area contributed by atoms with Gasteiger partial charge < -0.3 is 14.2 Å². The maximum absolute atomic E-state index is 12.8. The Morgan fingerprint density at radius 3 is 2.41 bits per heavy atom. The Morgan fingerprint density at radius 2 is 1.62 bits per heavy atom. The third kappa shape index (κ3) is 3.12. The smallest absolute Gasteiger partial charge is 0.338 e. The van der Waals surface area contributed by atoms with Crippen LogP contribution in [0.1, 0.15) is 82.0 Å². The fourth-order valence-electron chi connectivity index (χ4n) is 8.87. The molecule has 0 unspecified atom stereocenters. The minimum absolute atomic E-state index is 0.0570. The molecule has 174 valence electrons. The first-order valence-electron chi connectivity index (χ1n) is 13.0. The molecule has 4 aliphatic carbocycles. The summed E-state index contributed by atoms with van der Waals surface area (Å²) in [6, 6.07) is 9.50. The number of benzene rings is 1. The maximum Gasteiger partial charge on any atom is 0.338 e. The lowest BCUT2D eigenvalue weighted by atomic mass is 9.45. The van der Waals surface area contributed by atoms with E-state index in [1.807, 2.05) is 30.3 Å². The zero-order valence-electron chi connectivity index (χ0n) is 19.7. The number of hydrogen-bond acceptors (Lipinski definition) is 4. The summed E-state index contributed by atoms with van der Waals surface area (Å²) >= 11 is 0. The minimum Gasteiger partial charge on any atom is -0.458 e. The second kappa shape index (κ2) is 7.56. The van der Waals surface area contributed by atoms with E-state index in [0.29, 0.717) is 22.8 Å². The van der Waals surface area contributed by atoms with E-state index in [4.69, 9.17) is 14.2 Å². The van der Waals surface area contributed by atoms with Crippen LogP contribution < -0.4 is 0 Å². The molecule has 1 heterocycles. The van der Waals surface area contributed by atoms with Gasteiger partial charge in [-0.3, -0.25) is 0 Å². The summed E-state index contributed by atoms with van der Waals surface area (Å²) < 4.78 is 18.4. The SMILES string of the molecule is C[C@]12CCC3(C[C@@H]1CC[C@H]1[C@H]2CC[C@]2(C)[C@H](OC(=O)c4ccccc4)CC[C@@H]12)OCCO3. The van der Waals surface area contributed by atoms with Crippen molar-refractivity contribution in [1.82, 2.24) is 0 Å². The van der Waals surface area contributed by atoms with Crippen molar-refractivity contribution in [3.8, 4) is 0 Å². The molecule has 1 spiro atoms. The lowest BCUT2D eigenvalue weighted by molar-refractivity contribution is -0.230. The van der Waals surface area contributed by atoms with Crippen molar-refractivity contribution in [2.45, 2.75) is 83.5 Å². The van der Waals surface area contributed by atoms with Gasteiger partial charge in [0.1, 0.15) is 6.10 Å². The highest BCUT2D eigenvalue weighted by molar-refractivity contribution is 5.89. The molecule has 5 fully saturated rings. The molecular formula is C28H38O4. The van der Waals surface area contributed by atoms with Crippen LogP contribution in [0.15, 0.2) is 30.3 Å². The topological polar surface area (TPSA) is 44.8 Å². The summed E-state index contributed by atoms with van der Waals surface area (Å²) in [5, 5.41) is 0. The highest BCUT2D eigenvalue weighted by Gasteiger charge is 2.62. The van der Waals surface area contributed by atoms with E-state index in [9.17, 15) is 4.79 Å². The van der Waals surface area contributed by atoms with Crippen LogP contribution in [0.2, 0.25) is 0 Å². The molecule has 7 atom stereocenters. The fourth-order valence-corrected chi connectivity index (χ4v) is 8.87. The van der Waals surface area contributed by atoms with Gasteiger partial charge in [0.2, 0.25) is 0 Å². The maximum atomic E-state index is 12.8. The van der Waals surface area contributed by atoms with E-state index in [2.05, 4.69) is 13.8 Å². The summed E-state index contributed by atoms with van der Waals surface area (Å²) in [5.41, 5.74) is 1.21. The van der Waals surface area contributed by atoms with Gasteiger partial charge in [-0.15, -0.1) is 0 Å². The van der Waals surface area contributed by atoms with Crippen LogP contribution in [0.4, 0.5) is 0 Å². The highest BCUT2D eigenvalue weighted by Crippen LogP contribution is 2.67. The van der Waals surface area contributed by atoms with Gasteiger partial charge in [-0.05, 0) is 86.2 Å². The molecular weight excluding hydrogens is 400 g/mol. The average Bonchev–Trinajstić information content (AvgIpc) is 3.39. The predicted molar refractivity (Wildman–Crippen MR) is 122 cm³/mol. The molecule has 1 aliphatic heterocycles. The zero-order valence-corrected chi connectivity index (χ0v) is 19.7. The molecule has 32 heavy (non-hydrogen) atoms. The van der Waals surface area contributed by atoms with Crippen molar-refractivity contribution >= 4 is 5.97 Å². The van der Waals surface area contributed by atoms with Crippen LogP contribution in [-0.4, -0.2) is 31.1 Å². The van der Waals surface area contributed by atoms with Crippen LogP contribution in [0, 0.1) is 34.5 Å². The van der Waals surface area contributed by atoms with Gasteiger partial charge in [0, 0.05) is 18.3 Å². The van der Waals surface area contributed by atoms with Crippen molar-refractivity contribution in [1.29, 1.82) is 0 Å². The molecule has 4 heteroatoms. The van der Waals surface area contributed by atoms with Crippen LogP contribution >= 0.6 is 0 Å². The normalized spacial score (nSPS) is 44.5. The molecule has 0 aromatic heterocycles. The van der Waals surface area contributed by atoms with Gasteiger partial charge in [-0.25, -0.2) is 4.79 Å². The number of rotatable bonds is 2. The molecule has 4 saturated carbocycles. The third-order valence-electron chi connectivity index (χ3n) is 10.7. The molecule has 1 aromatic carbocycles. The fraction of sp³-hybridized carbons (Fsp3) is 0.750. The first-order valence-corrected chi connectivity index (χ1v) is 13.0. The minimum atomic E-state index is -0.274. The van der Waals surface area contributed by atoms with E-state index in [0.717, 1.165) is 44.3 Å². The molecule has 0 radical (unpaired) electrons. The number of carbonyl (C=O) groups excluding carboxylic acids is 1. The molecule has 0 amide bonds. The summed E-state index contributed by atoms with van der Waals surface area (Å²) in [7, 11) is 0. The van der Waals surface area contributed by atoms with Crippen molar-refractivity contribution < 1.29 is 19.0 Å². The predicted octanol–water partition coefficient (Wildman–Crippen LogP) is 6.00. The van der Waals surface area contributed by atoms with Gasteiger partial charge in [-0.1, -0.05) is 32.0 Å². The Hall–Kier alpha value is -1.39. The number of carbonyl (C=O) groups is 1. The van der Waals surface area contributed by atoms with Gasteiger partial charge in [0.05, 0.1) is 18.8 Å². The van der Waals surface area contributed by atoms with E-state index >= 15 is 0 Å². The van der Waals surface area contributed by atoms with Crippen LogP contribution in [0.25, 0.3) is 0 Å². The van der Waals surface area contributed by atoms with E-state index in [-0.39, 0.29) is 23.3 Å². The number of hydrogen-bond donors (Lipinski definition) is 0. The average molecular weight is 439 g/mol. The van der Waals surface area contributed by atoms with Crippen molar-refractivity contribution in [3.05, 3.63) is 35.9 Å². The van der Waals surface area contributed by atoms with E-state index in [1.54, 1.807) is 0 Å². The summed E-state index contributed by atoms with van der Waals surface area (Å²) in [6.07, 6.45) is 10.7. The summed E-state index contributed by atoms with van der Waals surface area (Å²) in [5.74, 6) is 2.54. The van der Waals surface area contributed by atoms with E-state index < -0.39 is 0 Å². The van der Waals surface area contributed by atoms with Gasteiger partial charge in [0.25, 0.3) is 0 Å². The number of esters is 1. The Morgan fingerprint density at radius 1 is 0.875 bits per heavy atom. The first kappa shape index (κ1) is 21.2. The molecule has 1 saturated heterocycles. The van der Waals surface area contributed by atoms with Crippen molar-refractivity contribution in [2.75, 3.05) is 13.2 Å². The van der Waals surface area contributed by atoms with Gasteiger partial charge in [0.15, 0.2) is 5.79 Å². The van der Waals surface area contributed by atoms with Crippen molar-refractivity contribution in [3.63, 3.8) is 0 Å². The Bertz CT molecular complexity index is 861. The molecule has 6 rings (SSSR count).